The Morgan fingerprint density at radius 2 is 1.59 bits per heavy atom. The number of likely N-dealkylation sites (tertiary alicyclic amines) is 1. The molecule has 202 valence electrons. The lowest BCUT2D eigenvalue weighted by molar-refractivity contribution is -0.128. The van der Waals surface area contributed by atoms with Gasteiger partial charge in [0.15, 0.2) is 0 Å². The third-order valence-corrected chi connectivity index (χ3v) is 9.17. The van der Waals surface area contributed by atoms with Gasteiger partial charge >= 0.3 is 0 Å². The summed E-state index contributed by atoms with van der Waals surface area (Å²) in [5, 5.41) is 11.2. The molecule has 5 heteroatoms. The van der Waals surface area contributed by atoms with Crippen molar-refractivity contribution in [1.29, 1.82) is 0 Å². The minimum atomic E-state index is -0.180. The monoisotopic (exact) mass is 522 g/mol. The van der Waals surface area contributed by atoms with Gasteiger partial charge in [-0.05, 0) is 77.4 Å². The van der Waals surface area contributed by atoms with Gasteiger partial charge in [0.1, 0.15) is 11.1 Å². The summed E-state index contributed by atoms with van der Waals surface area (Å²) in [6.45, 7) is 15.9. The molecule has 2 aromatic carbocycles. The quantitative estimate of drug-likeness (QED) is 0.423. The SMILES string of the molecule is CC(C)(C)c1cc(C2SCC(=O)N2CCCN2CCCCC2Cc2ccccc2)cc(C(C)(C)C)c1O. The molecule has 2 aliphatic rings. The lowest BCUT2D eigenvalue weighted by Gasteiger charge is -2.36. The molecule has 37 heavy (non-hydrogen) atoms. The highest BCUT2D eigenvalue weighted by Crippen LogP contribution is 2.45. The van der Waals surface area contributed by atoms with Gasteiger partial charge in [-0.25, -0.2) is 0 Å². The molecule has 2 atom stereocenters. The van der Waals surface area contributed by atoms with E-state index in [1.807, 2.05) is 0 Å². The normalized spacial score (nSPS) is 21.6. The Morgan fingerprint density at radius 3 is 2.22 bits per heavy atom. The van der Waals surface area contributed by atoms with Gasteiger partial charge in [0.25, 0.3) is 0 Å². The average Bonchev–Trinajstić information content (AvgIpc) is 3.20. The lowest BCUT2D eigenvalue weighted by Crippen LogP contribution is -2.42. The zero-order valence-electron chi connectivity index (χ0n) is 23.7. The summed E-state index contributed by atoms with van der Waals surface area (Å²) in [6.07, 6.45) is 5.94. The molecule has 0 spiro atoms. The van der Waals surface area contributed by atoms with Gasteiger partial charge in [-0.3, -0.25) is 9.69 Å². The summed E-state index contributed by atoms with van der Waals surface area (Å²) in [5.41, 5.74) is 4.13. The van der Waals surface area contributed by atoms with Crippen molar-refractivity contribution < 1.29 is 9.90 Å². The van der Waals surface area contributed by atoms with E-state index in [1.165, 1.54) is 24.8 Å². The first-order valence-corrected chi connectivity index (χ1v) is 15.1. The predicted molar refractivity (Wildman–Crippen MR) is 156 cm³/mol. The molecule has 2 aliphatic heterocycles. The lowest BCUT2D eigenvalue weighted by atomic mass is 9.78. The maximum atomic E-state index is 13.0. The van der Waals surface area contributed by atoms with Crippen molar-refractivity contribution in [3.63, 3.8) is 0 Å². The predicted octanol–water partition coefficient (Wildman–Crippen LogP) is 7.05. The number of aromatic hydroxyl groups is 1. The third-order valence-electron chi connectivity index (χ3n) is 7.91. The second-order valence-corrected chi connectivity index (χ2v) is 14.0. The van der Waals surface area contributed by atoms with Gasteiger partial charge in [0.2, 0.25) is 5.91 Å². The van der Waals surface area contributed by atoms with Crippen LogP contribution in [0.5, 0.6) is 5.75 Å². The van der Waals surface area contributed by atoms with Gasteiger partial charge < -0.3 is 10.0 Å². The van der Waals surface area contributed by atoms with Crippen molar-refractivity contribution in [2.45, 2.75) is 95.9 Å². The number of carbonyl (C=O) groups is 1. The fourth-order valence-corrected chi connectivity index (χ4v) is 7.03. The van der Waals surface area contributed by atoms with E-state index in [1.54, 1.807) is 11.8 Å². The number of nitrogens with zero attached hydrogens (tertiary/aromatic N) is 2. The number of carbonyl (C=O) groups excluding carboxylic acids is 1. The van der Waals surface area contributed by atoms with Crippen molar-refractivity contribution in [2.24, 2.45) is 0 Å². The molecule has 4 nitrogen and oxygen atoms in total. The van der Waals surface area contributed by atoms with Crippen LogP contribution in [-0.4, -0.2) is 52.2 Å². The minimum Gasteiger partial charge on any atom is -0.507 e. The minimum absolute atomic E-state index is 0.0109. The summed E-state index contributed by atoms with van der Waals surface area (Å²) in [7, 11) is 0. The molecule has 1 N–H and O–H groups in total. The Kier molecular flexibility index (Phi) is 8.65. The topological polar surface area (TPSA) is 43.8 Å². The van der Waals surface area contributed by atoms with E-state index in [2.05, 4.69) is 93.8 Å². The number of phenols is 1. The van der Waals surface area contributed by atoms with Crippen LogP contribution in [0.4, 0.5) is 0 Å². The fourth-order valence-electron chi connectivity index (χ4n) is 5.83. The van der Waals surface area contributed by atoms with Crippen LogP contribution in [0.25, 0.3) is 0 Å². The molecule has 0 bridgehead atoms. The van der Waals surface area contributed by atoms with E-state index in [9.17, 15) is 9.90 Å². The molecule has 2 unspecified atom stereocenters. The van der Waals surface area contributed by atoms with Gasteiger partial charge in [-0.1, -0.05) is 78.3 Å². The number of amides is 1. The molecular formula is C32H46N2O2S. The van der Waals surface area contributed by atoms with Crippen molar-refractivity contribution in [3.05, 3.63) is 64.7 Å². The first-order chi connectivity index (χ1) is 17.4. The fraction of sp³-hybridized carbons (Fsp3) is 0.594. The molecule has 2 heterocycles. The number of rotatable bonds is 7. The van der Waals surface area contributed by atoms with E-state index in [0.717, 1.165) is 49.2 Å². The molecule has 0 saturated carbocycles. The number of piperidine rings is 1. The van der Waals surface area contributed by atoms with Gasteiger partial charge in [-0.2, -0.15) is 0 Å². The standard InChI is InChI=1S/C32H46N2O2S/c1-31(2,3)26-20-24(21-27(29(26)36)32(4,5)6)30-34(28(35)22-37-30)18-12-17-33-16-11-10-15-25(33)19-23-13-8-7-9-14-23/h7-9,13-14,20-21,25,30,36H,10-12,15-19,22H2,1-6H3. The largest absolute Gasteiger partial charge is 0.507 e. The number of benzene rings is 2. The zero-order valence-corrected chi connectivity index (χ0v) is 24.5. The Bertz CT molecular complexity index is 1040. The highest BCUT2D eigenvalue weighted by molar-refractivity contribution is 8.00. The first kappa shape index (κ1) is 28.0. The van der Waals surface area contributed by atoms with Crippen LogP contribution in [0.2, 0.25) is 0 Å². The third kappa shape index (κ3) is 6.72. The van der Waals surface area contributed by atoms with Crippen LogP contribution in [0.1, 0.15) is 94.9 Å². The molecule has 0 aromatic heterocycles. The number of hydrogen-bond donors (Lipinski definition) is 1. The van der Waals surface area contributed by atoms with Crippen molar-refractivity contribution in [3.8, 4) is 5.75 Å². The Hall–Kier alpha value is -1.98. The van der Waals surface area contributed by atoms with E-state index in [-0.39, 0.29) is 22.1 Å². The van der Waals surface area contributed by atoms with E-state index in [0.29, 0.717) is 17.5 Å². The number of phenolic OH excluding ortho intramolecular Hbond substituents is 1. The van der Waals surface area contributed by atoms with E-state index >= 15 is 0 Å². The molecule has 2 saturated heterocycles. The molecule has 1 amide bonds. The highest BCUT2D eigenvalue weighted by Gasteiger charge is 2.35. The van der Waals surface area contributed by atoms with Gasteiger partial charge in [0.05, 0.1) is 5.75 Å². The molecule has 4 rings (SSSR count). The Morgan fingerprint density at radius 1 is 0.946 bits per heavy atom. The molecule has 0 aliphatic carbocycles. The summed E-state index contributed by atoms with van der Waals surface area (Å²) in [4.78, 5) is 17.8. The average molecular weight is 523 g/mol. The molecule has 2 aromatic rings. The Balaban J connectivity index is 1.48. The van der Waals surface area contributed by atoms with Crippen LogP contribution in [0, 0.1) is 0 Å². The van der Waals surface area contributed by atoms with Gasteiger partial charge in [0, 0.05) is 19.1 Å². The molecule has 0 radical (unpaired) electrons. The second kappa shape index (κ2) is 11.4. The van der Waals surface area contributed by atoms with E-state index < -0.39 is 0 Å². The Labute approximate surface area is 228 Å². The van der Waals surface area contributed by atoms with Crippen LogP contribution in [0.3, 0.4) is 0 Å². The van der Waals surface area contributed by atoms with Crippen molar-refractivity contribution in [2.75, 3.05) is 25.4 Å². The van der Waals surface area contributed by atoms with Crippen LogP contribution in [0.15, 0.2) is 42.5 Å². The summed E-state index contributed by atoms with van der Waals surface area (Å²) in [5.74, 6) is 1.16. The summed E-state index contributed by atoms with van der Waals surface area (Å²) < 4.78 is 0. The highest BCUT2D eigenvalue weighted by atomic mass is 32.2. The first-order valence-electron chi connectivity index (χ1n) is 14.0. The zero-order chi connectivity index (χ0) is 26.8. The van der Waals surface area contributed by atoms with Gasteiger partial charge in [-0.15, -0.1) is 11.8 Å². The summed E-state index contributed by atoms with van der Waals surface area (Å²) in [6, 6.07) is 15.7. The number of hydrogen-bond acceptors (Lipinski definition) is 4. The molecule has 2 fully saturated rings. The van der Waals surface area contributed by atoms with Crippen LogP contribution < -0.4 is 0 Å². The van der Waals surface area contributed by atoms with Crippen LogP contribution >= 0.6 is 11.8 Å². The maximum Gasteiger partial charge on any atom is 0.233 e. The van der Waals surface area contributed by atoms with Crippen LogP contribution in [-0.2, 0) is 22.0 Å². The van der Waals surface area contributed by atoms with Crippen molar-refractivity contribution >= 4 is 17.7 Å². The number of thioether (sulfide) groups is 1. The van der Waals surface area contributed by atoms with Crippen molar-refractivity contribution in [1.82, 2.24) is 9.80 Å². The molecular weight excluding hydrogens is 476 g/mol. The van der Waals surface area contributed by atoms with E-state index in [4.69, 9.17) is 0 Å². The maximum absolute atomic E-state index is 13.0. The summed E-state index contributed by atoms with van der Waals surface area (Å²) >= 11 is 1.73. The second-order valence-electron chi connectivity index (χ2n) is 12.9. The smallest absolute Gasteiger partial charge is 0.233 e.